The molecule has 12 rings (SSSR count). The van der Waals surface area contributed by atoms with Crippen LogP contribution in [0.5, 0.6) is 0 Å². The van der Waals surface area contributed by atoms with Crippen LogP contribution in [0.1, 0.15) is 43.4 Å². The molecule has 0 unspecified atom stereocenters. The predicted molar refractivity (Wildman–Crippen MR) is 242 cm³/mol. The van der Waals surface area contributed by atoms with Crippen LogP contribution in [-0.4, -0.2) is 0 Å². The number of rotatable bonds is 5. The first kappa shape index (κ1) is 33.1. The van der Waals surface area contributed by atoms with Gasteiger partial charge >= 0.3 is 0 Å². The third-order valence-electron chi connectivity index (χ3n) is 12.7. The van der Waals surface area contributed by atoms with E-state index in [-0.39, 0.29) is 5.41 Å². The number of hydrogen-bond donors (Lipinski definition) is 0. The average molecular weight is 746 g/mol. The molecule has 0 atom stereocenters. The number of fused-ring (bicyclic) bond motifs is 13. The van der Waals surface area contributed by atoms with Gasteiger partial charge in [-0.15, -0.1) is 0 Å². The fraction of sp³-hybridized carbons (Fsp3) is 0.0909. The first-order chi connectivity index (χ1) is 28.5. The van der Waals surface area contributed by atoms with Gasteiger partial charge in [-0.2, -0.15) is 0 Å². The van der Waals surface area contributed by atoms with Crippen LogP contribution >= 0.6 is 0 Å². The van der Waals surface area contributed by atoms with Gasteiger partial charge in [0.1, 0.15) is 22.3 Å². The summed E-state index contributed by atoms with van der Waals surface area (Å²) in [4.78, 5) is 2.47. The third kappa shape index (κ3) is 4.80. The molecule has 2 aromatic heterocycles. The zero-order valence-electron chi connectivity index (χ0n) is 32.4. The van der Waals surface area contributed by atoms with Gasteiger partial charge in [-0.1, -0.05) is 141 Å². The molecule has 2 aliphatic rings. The van der Waals surface area contributed by atoms with E-state index >= 15 is 0 Å². The van der Waals surface area contributed by atoms with E-state index in [1.807, 2.05) is 12.1 Å². The normalized spacial score (nSPS) is 14.6. The summed E-state index contributed by atoms with van der Waals surface area (Å²) in [7, 11) is 0. The Morgan fingerprint density at radius 1 is 0.517 bits per heavy atom. The Labute approximate surface area is 336 Å². The lowest BCUT2D eigenvalue weighted by Gasteiger charge is -2.31. The van der Waals surface area contributed by atoms with Gasteiger partial charge in [0.25, 0.3) is 0 Å². The Balaban J connectivity index is 1.06. The minimum atomic E-state index is -0.284. The van der Waals surface area contributed by atoms with E-state index in [1.165, 1.54) is 55.5 Å². The van der Waals surface area contributed by atoms with Crippen molar-refractivity contribution < 1.29 is 8.83 Å². The monoisotopic (exact) mass is 745 g/mol. The van der Waals surface area contributed by atoms with E-state index in [2.05, 4.69) is 183 Å². The smallest absolute Gasteiger partial charge is 0.144 e. The molecule has 276 valence electrons. The van der Waals surface area contributed by atoms with Crippen molar-refractivity contribution >= 4 is 71.6 Å². The van der Waals surface area contributed by atoms with E-state index in [4.69, 9.17) is 8.83 Å². The zero-order chi connectivity index (χ0) is 38.5. The number of benzene rings is 8. The lowest BCUT2D eigenvalue weighted by molar-refractivity contribution is 0.657. The highest BCUT2D eigenvalue weighted by Gasteiger charge is 2.40. The van der Waals surface area contributed by atoms with Crippen LogP contribution in [0.25, 0.3) is 82.5 Å². The molecule has 8 aromatic carbocycles. The van der Waals surface area contributed by atoms with E-state index in [0.29, 0.717) is 0 Å². The topological polar surface area (TPSA) is 29.5 Å². The summed E-state index contributed by atoms with van der Waals surface area (Å²) in [6, 6.07) is 59.0. The lowest BCUT2D eigenvalue weighted by atomic mass is 9.79. The molecule has 10 aromatic rings. The number of allylic oxidation sites excluding steroid dienone is 4. The Hall–Kier alpha value is -7.10. The second-order valence-electron chi connectivity index (χ2n) is 16.3. The van der Waals surface area contributed by atoms with Gasteiger partial charge in [0.15, 0.2) is 0 Å². The van der Waals surface area contributed by atoms with Crippen molar-refractivity contribution in [2.24, 2.45) is 0 Å². The molecule has 0 fully saturated rings. The minimum absolute atomic E-state index is 0.284. The van der Waals surface area contributed by atoms with E-state index in [0.717, 1.165) is 73.5 Å². The number of nitrogens with zero attached hydrogens (tertiary/aromatic N) is 1. The van der Waals surface area contributed by atoms with Crippen molar-refractivity contribution in [3.05, 3.63) is 198 Å². The number of hydrogen-bond acceptors (Lipinski definition) is 3. The molecule has 0 amide bonds. The Morgan fingerprint density at radius 2 is 1.22 bits per heavy atom. The molecule has 0 saturated heterocycles. The molecule has 0 saturated carbocycles. The van der Waals surface area contributed by atoms with Gasteiger partial charge in [0, 0.05) is 55.2 Å². The number of furan rings is 2. The van der Waals surface area contributed by atoms with Crippen LogP contribution < -0.4 is 4.90 Å². The van der Waals surface area contributed by atoms with Gasteiger partial charge in [-0.05, 0) is 106 Å². The van der Waals surface area contributed by atoms with Crippen molar-refractivity contribution in [1.82, 2.24) is 0 Å². The van der Waals surface area contributed by atoms with Gasteiger partial charge in [-0.3, -0.25) is 0 Å². The molecular formula is C55H39NO2. The van der Waals surface area contributed by atoms with Gasteiger partial charge in [0.05, 0.1) is 0 Å². The molecule has 3 heteroatoms. The summed E-state index contributed by atoms with van der Waals surface area (Å²) in [6.07, 6.45) is 6.71. The average Bonchev–Trinajstić information content (AvgIpc) is 3.92. The minimum Gasteiger partial charge on any atom is -0.455 e. The van der Waals surface area contributed by atoms with Gasteiger partial charge < -0.3 is 13.7 Å². The highest BCUT2D eigenvalue weighted by molar-refractivity contribution is 6.25. The summed E-state index contributed by atoms with van der Waals surface area (Å²) in [5, 5.41) is 7.03. The summed E-state index contributed by atoms with van der Waals surface area (Å²) in [5.74, 6) is 0. The molecule has 2 heterocycles. The molecule has 3 nitrogen and oxygen atoms in total. The second kappa shape index (κ2) is 12.4. The quantitative estimate of drug-likeness (QED) is 0.176. The zero-order valence-corrected chi connectivity index (χ0v) is 32.4. The summed E-state index contributed by atoms with van der Waals surface area (Å²) < 4.78 is 13.5. The maximum atomic E-state index is 7.03. The SMILES string of the molecule is CC1(C)c2cc(N(C3=CC(c4ccccc4)=CCC3)c3ccccc3)ccc2-c2c1c1ccccc1c1c2oc2ccc(-c3cccc4c3oc3ccccc34)cc21. The fourth-order valence-corrected chi connectivity index (χ4v) is 10.0. The largest absolute Gasteiger partial charge is 0.455 e. The third-order valence-corrected chi connectivity index (χ3v) is 12.7. The van der Waals surface area contributed by atoms with Crippen molar-refractivity contribution in [1.29, 1.82) is 0 Å². The summed E-state index contributed by atoms with van der Waals surface area (Å²) >= 11 is 0. The highest BCUT2D eigenvalue weighted by atomic mass is 16.3. The van der Waals surface area contributed by atoms with Crippen LogP contribution in [-0.2, 0) is 5.41 Å². The fourth-order valence-electron chi connectivity index (χ4n) is 10.0. The van der Waals surface area contributed by atoms with Crippen LogP contribution in [0.2, 0.25) is 0 Å². The second-order valence-corrected chi connectivity index (χ2v) is 16.3. The first-order valence-electron chi connectivity index (χ1n) is 20.3. The molecular weight excluding hydrogens is 707 g/mol. The van der Waals surface area contributed by atoms with Crippen LogP contribution in [0.4, 0.5) is 11.4 Å². The van der Waals surface area contributed by atoms with Gasteiger partial charge in [0.2, 0.25) is 0 Å². The van der Waals surface area contributed by atoms with E-state index in [9.17, 15) is 0 Å². The molecule has 0 N–H and O–H groups in total. The van der Waals surface area contributed by atoms with Crippen molar-refractivity contribution in [3.8, 4) is 22.3 Å². The molecule has 2 aliphatic carbocycles. The Bertz CT molecular complexity index is 3360. The predicted octanol–water partition coefficient (Wildman–Crippen LogP) is 15.5. The summed E-state index contributed by atoms with van der Waals surface area (Å²) in [5.41, 5.74) is 16.8. The standard InChI is InChI=1S/C55H39NO2/c1-55(2)47-33-39(56(37-18-7-4-8-19-37)38-20-13-17-35(31-38)34-15-5-3-6-16-34)28-29-45(47)51-52(55)43-23-10-9-22-42(43)50-46-32-36(27-30-49(46)58-54(50)51)40-24-14-25-44-41-21-11-12-26-48(41)57-53(40)44/h3-12,14-19,21-33H,13,20H2,1-2H3. The van der Waals surface area contributed by atoms with E-state index < -0.39 is 0 Å². The van der Waals surface area contributed by atoms with Crippen LogP contribution in [0.3, 0.4) is 0 Å². The molecule has 0 spiro atoms. The molecule has 0 radical (unpaired) electrons. The first-order valence-corrected chi connectivity index (χ1v) is 20.3. The van der Waals surface area contributed by atoms with E-state index in [1.54, 1.807) is 0 Å². The lowest BCUT2D eigenvalue weighted by Crippen LogP contribution is -2.20. The number of anilines is 2. The molecule has 0 aliphatic heterocycles. The Morgan fingerprint density at radius 3 is 2.07 bits per heavy atom. The van der Waals surface area contributed by atoms with Crippen molar-refractivity contribution in [2.45, 2.75) is 32.1 Å². The number of para-hydroxylation sites is 3. The van der Waals surface area contributed by atoms with Crippen LogP contribution in [0, 0.1) is 0 Å². The maximum absolute atomic E-state index is 7.03. The molecule has 58 heavy (non-hydrogen) atoms. The Kier molecular flexibility index (Phi) is 7.10. The highest BCUT2D eigenvalue weighted by Crippen LogP contribution is 2.57. The van der Waals surface area contributed by atoms with Crippen LogP contribution in [0.15, 0.2) is 190 Å². The van der Waals surface area contributed by atoms with Gasteiger partial charge in [-0.25, -0.2) is 0 Å². The van der Waals surface area contributed by atoms with Crippen molar-refractivity contribution in [3.63, 3.8) is 0 Å². The summed E-state index contributed by atoms with van der Waals surface area (Å²) in [6.45, 7) is 4.77. The van der Waals surface area contributed by atoms with Crippen molar-refractivity contribution in [2.75, 3.05) is 4.90 Å². The molecule has 0 bridgehead atoms. The maximum Gasteiger partial charge on any atom is 0.144 e.